The van der Waals surface area contributed by atoms with Crippen LogP contribution in [0.5, 0.6) is 0 Å². The predicted octanol–water partition coefficient (Wildman–Crippen LogP) is 1.30. The maximum Gasteiger partial charge on any atom is 0.0681 e. The van der Waals surface area contributed by atoms with E-state index in [4.69, 9.17) is 9.84 Å². The molecule has 0 aliphatic rings. The number of aliphatic hydroxyl groups is 1. The Morgan fingerprint density at radius 3 is 2.80 bits per heavy atom. The number of hydrogen-bond acceptors (Lipinski definition) is 3. The van der Waals surface area contributed by atoms with Gasteiger partial charge in [0.25, 0.3) is 0 Å². The zero-order chi connectivity index (χ0) is 11.1. The summed E-state index contributed by atoms with van der Waals surface area (Å²) in [6.45, 7) is 3.69. The fourth-order valence-electron chi connectivity index (χ4n) is 1.44. The molecule has 0 amide bonds. The van der Waals surface area contributed by atoms with Gasteiger partial charge in [-0.3, -0.25) is 0 Å². The lowest BCUT2D eigenvalue weighted by molar-refractivity contribution is 0.171. The van der Waals surface area contributed by atoms with Crippen molar-refractivity contribution in [2.24, 2.45) is 0 Å². The van der Waals surface area contributed by atoms with E-state index in [1.807, 2.05) is 24.3 Å². The van der Waals surface area contributed by atoms with E-state index in [1.165, 1.54) is 5.56 Å². The van der Waals surface area contributed by atoms with Gasteiger partial charge in [-0.05, 0) is 18.1 Å². The van der Waals surface area contributed by atoms with Gasteiger partial charge >= 0.3 is 0 Å². The Morgan fingerprint density at radius 1 is 1.40 bits per heavy atom. The Labute approximate surface area is 91.1 Å². The lowest BCUT2D eigenvalue weighted by Crippen LogP contribution is -2.29. The van der Waals surface area contributed by atoms with Gasteiger partial charge in [-0.2, -0.15) is 0 Å². The minimum Gasteiger partial charge on any atom is -0.392 e. The van der Waals surface area contributed by atoms with Gasteiger partial charge in [0.05, 0.1) is 13.2 Å². The van der Waals surface area contributed by atoms with Crippen LogP contribution in [-0.2, 0) is 17.9 Å². The van der Waals surface area contributed by atoms with Gasteiger partial charge in [-0.15, -0.1) is 0 Å². The summed E-state index contributed by atoms with van der Waals surface area (Å²) in [5, 5.41) is 12.3. The molecule has 0 fully saturated rings. The highest BCUT2D eigenvalue weighted by Gasteiger charge is 2.00. The first-order valence-electron chi connectivity index (χ1n) is 5.17. The van der Waals surface area contributed by atoms with Gasteiger partial charge in [0, 0.05) is 19.7 Å². The summed E-state index contributed by atoms with van der Waals surface area (Å²) >= 11 is 0. The SMILES string of the molecule is COCC(C)NCc1cccc(CO)c1. The summed E-state index contributed by atoms with van der Waals surface area (Å²) in [6, 6.07) is 8.27. The van der Waals surface area contributed by atoms with Crippen LogP contribution in [-0.4, -0.2) is 24.9 Å². The van der Waals surface area contributed by atoms with E-state index < -0.39 is 0 Å². The molecule has 0 saturated carbocycles. The number of rotatable bonds is 6. The standard InChI is InChI=1S/C12H19NO2/c1-10(9-15-2)13-7-11-4-3-5-12(6-11)8-14/h3-6,10,13-14H,7-9H2,1-2H3. The fourth-order valence-corrected chi connectivity index (χ4v) is 1.44. The zero-order valence-corrected chi connectivity index (χ0v) is 9.36. The van der Waals surface area contributed by atoms with Crippen molar-refractivity contribution >= 4 is 0 Å². The predicted molar refractivity (Wildman–Crippen MR) is 60.5 cm³/mol. The van der Waals surface area contributed by atoms with Crippen LogP contribution in [0.1, 0.15) is 18.1 Å². The van der Waals surface area contributed by atoms with E-state index in [1.54, 1.807) is 7.11 Å². The first-order valence-corrected chi connectivity index (χ1v) is 5.17. The lowest BCUT2D eigenvalue weighted by atomic mass is 10.1. The normalized spacial score (nSPS) is 12.7. The highest BCUT2D eigenvalue weighted by atomic mass is 16.5. The number of benzene rings is 1. The molecule has 0 bridgehead atoms. The van der Waals surface area contributed by atoms with Crippen molar-refractivity contribution in [2.45, 2.75) is 26.1 Å². The summed E-state index contributed by atoms with van der Waals surface area (Å²) in [7, 11) is 1.70. The molecule has 15 heavy (non-hydrogen) atoms. The van der Waals surface area contributed by atoms with Crippen LogP contribution >= 0.6 is 0 Å². The molecule has 0 aromatic heterocycles. The number of methoxy groups -OCH3 is 1. The molecule has 0 aliphatic carbocycles. The largest absolute Gasteiger partial charge is 0.392 e. The lowest BCUT2D eigenvalue weighted by Gasteiger charge is -2.12. The molecule has 3 heteroatoms. The molecule has 0 radical (unpaired) electrons. The molecule has 0 saturated heterocycles. The van der Waals surface area contributed by atoms with Gasteiger partial charge in [0.2, 0.25) is 0 Å². The van der Waals surface area contributed by atoms with Crippen molar-refractivity contribution in [3.8, 4) is 0 Å². The number of nitrogens with one attached hydrogen (secondary N) is 1. The average Bonchev–Trinajstić information content (AvgIpc) is 2.27. The molecule has 3 nitrogen and oxygen atoms in total. The first kappa shape index (κ1) is 12.2. The van der Waals surface area contributed by atoms with Gasteiger partial charge in [0.1, 0.15) is 0 Å². The summed E-state index contributed by atoms with van der Waals surface area (Å²) in [6.07, 6.45) is 0. The molecule has 84 valence electrons. The smallest absolute Gasteiger partial charge is 0.0681 e. The van der Waals surface area contributed by atoms with E-state index in [2.05, 4.69) is 12.2 Å². The van der Waals surface area contributed by atoms with Crippen LogP contribution in [0.3, 0.4) is 0 Å². The van der Waals surface area contributed by atoms with Crippen LogP contribution in [0.15, 0.2) is 24.3 Å². The van der Waals surface area contributed by atoms with Crippen LogP contribution < -0.4 is 5.32 Å². The first-order chi connectivity index (χ1) is 7.26. The van der Waals surface area contributed by atoms with Crippen molar-refractivity contribution in [3.63, 3.8) is 0 Å². The van der Waals surface area contributed by atoms with Gasteiger partial charge in [0.15, 0.2) is 0 Å². The number of ether oxygens (including phenoxy) is 1. The third-order valence-corrected chi connectivity index (χ3v) is 2.25. The number of hydrogen-bond donors (Lipinski definition) is 2. The Kier molecular flexibility index (Phi) is 5.32. The molecule has 1 rings (SSSR count). The van der Waals surface area contributed by atoms with Crippen LogP contribution in [0.2, 0.25) is 0 Å². The second-order valence-electron chi connectivity index (χ2n) is 3.72. The molecule has 0 aliphatic heterocycles. The van der Waals surface area contributed by atoms with Crippen molar-refractivity contribution in [2.75, 3.05) is 13.7 Å². The van der Waals surface area contributed by atoms with Crippen molar-refractivity contribution in [3.05, 3.63) is 35.4 Å². The molecule has 1 aromatic carbocycles. The summed E-state index contributed by atoms with van der Waals surface area (Å²) < 4.78 is 5.03. The Bertz CT molecular complexity index is 289. The molecule has 1 aromatic rings. The van der Waals surface area contributed by atoms with E-state index in [0.717, 1.165) is 12.1 Å². The highest BCUT2D eigenvalue weighted by molar-refractivity contribution is 5.22. The Hall–Kier alpha value is -0.900. The average molecular weight is 209 g/mol. The van der Waals surface area contributed by atoms with Gasteiger partial charge in [-0.25, -0.2) is 0 Å². The molecular formula is C12H19NO2. The molecule has 0 heterocycles. The highest BCUT2D eigenvalue weighted by Crippen LogP contribution is 2.05. The minimum absolute atomic E-state index is 0.0987. The minimum atomic E-state index is 0.0987. The monoisotopic (exact) mass is 209 g/mol. The van der Waals surface area contributed by atoms with Crippen molar-refractivity contribution in [1.29, 1.82) is 0 Å². The fraction of sp³-hybridized carbons (Fsp3) is 0.500. The van der Waals surface area contributed by atoms with Crippen LogP contribution in [0, 0.1) is 0 Å². The second-order valence-corrected chi connectivity index (χ2v) is 3.72. The number of aliphatic hydroxyl groups excluding tert-OH is 1. The molecular weight excluding hydrogens is 190 g/mol. The quantitative estimate of drug-likeness (QED) is 0.742. The van der Waals surface area contributed by atoms with Crippen molar-refractivity contribution < 1.29 is 9.84 Å². The van der Waals surface area contributed by atoms with Gasteiger partial charge in [-0.1, -0.05) is 24.3 Å². The van der Waals surface area contributed by atoms with Gasteiger partial charge < -0.3 is 15.2 Å². The van der Waals surface area contributed by atoms with Crippen LogP contribution in [0.4, 0.5) is 0 Å². The van der Waals surface area contributed by atoms with Crippen LogP contribution in [0.25, 0.3) is 0 Å². The van der Waals surface area contributed by atoms with E-state index in [0.29, 0.717) is 12.6 Å². The Balaban J connectivity index is 2.43. The topological polar surface area (TPSA) is 41.5 Å². The summed E-state index contributed by atoms with van der Waals surface area (Å²) in [4.78, 5) is 0. The summed E-state index contributed by atoms with van der Waals surface area (Å²) in [5.74, 6) is 0. The molecule has 0 spiro atoms. The maximum atomic E-state index is 8.98. The Morgan fingerprint density at radius 2 is 2.13 bits per heavy atom. The zero-order valence-electron chi connectivity index (χ0n) is 9.36. The van der Waals surface area contributed by atoms with Crippen molar-refractivity contribution in [1.82, 2.24) is 5.32 Å². The van der Waals surface area contributed by atoms with E-state index in [9.17, 15) is 0 Å². The third-order valence-electron chi connectivity index (χ3n) is 2.25. The van der Waals surface area contributed by atoms with E-state index >= 15 is 0 Å². The summed E-state index contributed by atoms with van der Waals surface area (Å²) in [5.41, 5.74) is 2.14. The molecule has 2 N–H and O–H groups in total. The third kappa shape index (κ3) is 4.42. The second kappa shape index (κ2) is 6.56. The molecule has 1 atom stereocenters. The van der Waals surface area contributed by atoms with E-state index in [-0.39, 0.29) is 6.61 Å². The maximum absolute atomic E-state index is 8.98. The molecule has 1 unspecified atom stereocenters.